The van der Waals surface area contributed by atoms with Gasteiger partial charge in [0.1, 0.15) is 0 Å². The highest BCUT2D eigenvalue weighted by molar-refractivity contribution is 7.98. The standard InChI is InChI=1S/C21H27N3O3S2/c1-22(29(26,27)20-10-8-19(28-2)9-11-20)17-21(25)24-14-12-23(13-15-24)16-18-6-4-3-5-7-18/h3-11H,12-17H2,1-2H3. The first-order valence-electron chi connectivity index (χ1n) is 9.54. The second kappa shape index (κ2) is 9.75. The van der Waals surface area contributed by atoms with E-state index in [2.05, 4.69) is 17.0 Å². The largest absolute Gasteiger partial charge is 0.339 e. The van der Waals surface area contributed by atoms with Gasteiger partial charge in [0.15, 0.2) is 0 Å². The van der Waals surface area contributed by atoms with E-state index in [0.717, 1.165) is 28.8 Å². The first kappa shape index (κ1) is 21.8. The Kier molecular flexibility index (Phi) is 7.34. The second-order valence-corrected chi connectivity index (χ2v) is 10.0. The van der Waals surface area contributed by atoms with E-state index >= 15 is 0 Å². The summed E-state index contributed by atoms with van der Waals surface area (Å²) >= 11 is 1.55. The maximum atomic E-state index is 12.7. The van der Waals surface area contributed by atoms with Crippen LogP contribution in [0.3, 0.4) is 0 Å². The van der Waals surface area contributed by atoms with Crippen LogP contribution in [0.4, 0.5) is 0 Å². The molecule has 0 saturated carbocycles. The quantitative estimate of drug-likeness (QED) is 0.628. The van der Waals surface area contributed by atoms with Gasteiger partial charge in [-0.25, -0.2) is 8.42 Å². The van der Waals surface area contributed by atoms with E-state index in [0.29, 0.717) is 13.1 Å². The minimum Gasteiger partial charge on any atom is -0.339 e. The summed E-state index contributed by atoms with van der Waals surface area (Å²) in [6.45, 7) is 3.51. The Bertz CT molecular complexity index is 910. The summed E-state index contributed by atoms with van der Waals surface area (Å²) in [5, 5.41) is 0. The highest BCUT2D eigenvalue weighted by Gasteiger charge is 2.27. The third-order valence-electron chi connectivity index (χ3n) is 5.10. The highest BCUT2D eigenvalue weighted by atomic mass is 32.2. The van der Waals surface area contributed by atoms with Gasteiger partial charge in [0, 0.05) is 44.7 Å². The molecule has 2 aromatic rings. The van der Waals surface area contributed by atoms with Crippen LogP contribution in [0.25, 0.3) is 0 Å². The van der Waals surface area contributed by atoms with E-state index < -0.39 is 10.0 Å². The molecule has 1 amide bonds. The van der Waals surface area contributed by atoms with Crippen LogP contribution in [0.1, 0.15) is 5.56 Å². The Balaban J connectivity index is 1.53. The van der Waals surface area contributed by atoms with Crippen LogP contribution in [0, 0.1) is 0 Å². The Morgan fingerprint density at radius 1 is 1.00 bits per heavy atom. The number of hydrogen-bond donors (Lipinski definition) is 0. The molecule has 1 fully saturated rings. The number of carbonyl (C=O) groups excluding carboxylic acids is 1. The predicted octanol–water partition coefficient (Wildman–Crippen LogP) is 2.37. The smallest absolute Gasteiger partial charge is 0.243 e. The molecule has 8 heteroatoms. The van der Waals surface area contributed by atoms with Gasteiger partial charge in [-0.3, -0.25) is 9.69 Å². The molecule has 0 bridgehead atoms. The van der Waals surface area contributed by atoms with E-state index in [1.807, 2.05) is 24.5 Å². The fourth-order valence-electron chi connectivity index (χ4n) is 3.30. The van der Waals surface area contributed by atoms with Crippen LogP contribution >= 0.6 is 11.8 Å². The molecule has 1 aliphatic rings. The number of nitrogens with zero attached hydrogens (tertiary/aromatic N) is 3. The molecule has 0 unspecified atom stereocenters. The minimum atomic E-state index is -3.68. The average Bonchev–Trinajstić information content (AvgIpc) is 2.75. The molecule has 0 N–H and O–H groups in total. The first-order chi connectivity index (χ1) is 13.9. The zero-order valence-corrected chi connectivity index (χ0v) is 18.5. The average molecular weight is 434 g/mol. The Morgan fingerprint density at radius 2 is 1.62 bits per heavy atom. The van der Waals surface area contributed by atoms with Gasteiger partial charge >= 0.3 is 0 Å². The third kappa shape index (κ3) is 5.60. The number of rotatable bonds is 7. The molecular weight excluding hydrogens is 406 g/mol. The molecule has 0 spiro atoms. The summed E-state index contributed by atoms with van der Waals surface area (Å²) < 4.78 is 26.6. The Hall–Kier alpha value is -1.87. The van der Waals surface area contributed by atoms with E-state index in [-0.39, 0.29) is 17.3 Å². The van der Waals surface area contributed by atoms with Gasteiger partial charge in [-0.2, -0.15) is 4.31 Å². The molecule has 2 aromatic carbocycles. The SMILES string of the molecule is CSc1ccc(S(=O)(=O)N(C)CC(=O)N2CCN(Cc3ccccc3)CC2)cc1. The van der Waals surface area contributed by atoms with E-state index in [9.17, 15) is 13.2 Å². The van der Waals surface area contributed by atoms with Crippen molar-refractivity contribution >= 4 is 27.7 Å². The summed E-state index contributed by atoms with van der Waals surface area (Å²) in [5.41, 5.74) is 1.26. The fourth-order valence-corrected chi connectivity index (χ4v) is 4.83. The molecule has 0 aliphatic carbocycles. The van der Waals surface area contributed by atoms with Crippen molar-refractivity contribution in [3.8, 4) is 0 Å². The molecule has 156 valence electrons. The minimum absolute atomic E-state index is 0.148. The van der Waals surface area contributed by atoms with E-state index in [1.54, 1.807) is 40.9 Å². The number of hydrogen-bond acceptors (Lipinski definition) is 5. The summed E-state index contributed by atoms with van der Waals surface area (Å²) in [7, 11) is -2.22. The zero-order chi connectivity index (χ0) is 20.9. The summed E-state index contributed by atoms with van der Waals surface area (Å²) in [4.78, 5) is 17.9. The van der Waals surface area contributed by atoms with Crippen molar-refractivity contribution < 1.29 is 13.2 Å². The van der Waals surface area contributed by atoms with Crippen LogP contribution in [-0.4, -0.2) is 74.5 Å². The second-order valence-electron chi connectivity index (χ2n) is 7.08. The van der Waals surface area contributed by atoms with Crippen LogP contribution in [0.15, 0.2) is 64.4 Å². The van der Waals surface area contributed by atoms with E-state index in [1.165, 1.54) is 12.6 Å². The van der Waals surface area contributed by atoms with Crippen molar-refractivity contribution in [2.45, 2.75) is 16.3 Å². The molecule has 0 atom stereocenters. The fraction of sp³-hybridized carbons (Fsp3) is 0.381. The van der Waals surface area contributed by atoms with Gasteiger partial charge in [-0.05, 0) is 36.1 Å². The van der Waals surface area contributed by atoms with Crippen LogP contribution in [-0.2, 0) is 21.4 Å². The summed E-state index contributed by atoms with van der Waals surface area (Å²) in [5.74, 6) is -0.156. The maximum absolute atomic E-state index is 12.7. The molecular formula is C21H27N3O3S2. The lowest BCUT2D eigenvalue weighted by atomic mass is 10.2. The van der Waals surface area contributed by atoms with Crippen LogP contribution < -0.4 is 0 Å². The third-order valence-corrected chi connectivity index (χ3v) is 7.66. The molecule has 1 heterocycles. The number of sulfonamides is 1. The lowest BCUT2D eigenvalue weighted by Gasteiger charge is -2.35. The molecule has 3 rings (SSSR count). The molecule has 6 nitrogen and oxygen atoms in total. The lowest BCUT2D eigenvalue weighted by Crippen LogP contribution is -2.51. The van der Waals surface area contributed by atoms with Crippen molar-refractivity contribution in [3.63, 3.8) is 0 Å². The Labute approximate surface area is 177 Å². The molecule has 0 radical (unpaired) electrons. The van der Waals surface area contributed by atoms with Crippen LogP contribution in [0.5, 0.6) is 0 Å². The molecule has 1 aliphatic heterocycles. The molecule has 0 aromatic heterocycles. The van der Waals surface area contributed by atoms with Gasteiger partial charge in [-0.1, -0.05) is 30.3 Å². The van der Waals surface area contributed by atoms with Crippen molar-refractivity contribution in [1.29, 1.82) is 0 Å². The zero-order valence-electron chi connectivity index (χ0n) is 16.8. The normalized spacial score (nSPS) is 15.6. The van der Waals surface area contributed by atoms with Crippen molar-refractivity contribution in [2.24, 2.45) is 0 Å². The summed E-state index contributed by atoms with van der Waals surface area (Å²) in [6.07, 6.45) is 1.94. The van der Waals surface area contributed by atoms with Gasteiger partial charge < -0.3 is 4.90 Å². The number of benzene rings is 2. The lowest BCUT2D eigenvalue weighted by molar-refractivity contribution is -0.133. The topological polar surface area (TPSA) is 60.9 Å². The predicted molar refractivity (Wildman–Crippen MR) is 116 cm³/mol. The maximum Gasteiger partial charge on any atom is 0.243 e. The molecule has 29 heavy (non-hydrogen) atoms. The number of likely N-dealkylation sites (N-methyl/N-ethyl adjacent to an activating group) is 1. The summed E-state index contributed by atoms with van der Waals surface area (Å²) in [6, 6.07) is 17.0. The number of amides is 1. The highest BCUT2D eigenvalue weighted by Crippen LogP contribution is 2.20. The van der Waals surface area contributed by atoms with Crippen LogP contribution in [0.2, 0.25) is 0 Å². The van der Waals surface area contributed by atoms with Gasteiger partial charge in [-0.15, -0.1) is 11.8 Å². The van der Waals surface area contributed by atoms with Crippen molar-refractivity contribution in [1.82, 2.24) is 14.1 Å². The first-order valence-corrected chi connectivity index (χ1v) is 12.2. The number of carbonyl (C=O) groups is 1. The monoisotopic (exact) mass is 433 g/mol. The number of piperazine rings is 1. The number of thioether (sulfide) groups is 1. The van der Waals surface area contributed by atoms with Crippen molar-refractivity contribution in [2.75, 3.05) is 46.0 Å². The van der Waals surface area contributed by atoms with Gasteiger partial charge in [0.25, 0.3) is 0 Å². The molecule has 1 saturated heterocycles. The van der Waals surface area contributed by atoms with Gasteiger partial charge in [0.05, 0.1) is 11.4 Å². The van der Waals surface area contributed by atoms with E-state index in [4.69, 9.17) is 0 Å². The van der Waals surface area contributed by atoms with Crippen molar-refractivity contribution in [3.05, 3.63) is 60.2 Å². The Morgan fingerprint density at radius 3 is 2.21 bits per heavy atom. The van der Waals surface area contributed by atoms with Gasteiger partial charge in [0.2, 0.25) is 15.9 Å².